The second-order valence-electron chi connectivity index (χ2n) is 5.17. The zero-order chi connectivity index (χ0) is 14.2. The van der Waals surface area contributed by atoms with Crippen molar-refractivity contribution in [2.45, 2.75) is 20.8 Å². The maximum Gasteiger partial charge on any atom is 0.273 e. The standard InChI is InChI=1S/C15H16ClNO2/c1-9(2)8-17-14(18)12(13(16)15(17)19)11-6-4-10(3)5-7-11/h4-7,9H,8H2,1-3H3. The summed E-state index contributed by atoms with van der Waals surface area (Å²) in [6.45, 7) is 6.27. The molecular weight excluding hydrogens is 262 g/mol. The molecule has 0 saturated carbocycles. The van der Waals surface area contributed by atoms with E-state index in [9.17, 15) is 9.59 Å². The SMILES string of the molecule is Cc1ccc(C2=C(Cl)C(=O)N(CC(C)C)C2=O)cc1. The number of hydrogen-bond donors (Lipinski definition) is 0. The summed E-state index contributed by atoms with van der Waals surface area (Å²) >= 11 is 6.04. The summed E-state index contributed by atoms with van der Waals surface area (Å²) in [6, 6.07) is 7.43. The lowest BCUT2D eigenvalue weighted by atomic mass is 10.0. The highest BCUT2D eigenvalue weighted by molar-refractivity contribution is 6.55. The van der Waals surface area contributed by atoms with Crippen molar-refractivity contribution < 1.29 is 9.59 Å². The first-order valence-corrected chi connectivity index (χ1v) is 6.62. The molecule has 3 nitrogen and oxygen atoms in total. The molecule has 0 N–H and O–H groups in total. The van der Waals surface area contributed by atoms with E-state index in [2.05, 4.69) is 0 Å². The largest absolute Gasteiger partial charge is 0.273 e. The van der Waals surface area contributed by atoms with Crippen LogP contribution in [-0.4, -0.2) is 23.3 Å². The van der Waals surface area contributed by atoms with Crippen LogP contribution in [0.2, 0.25) is 0 Å². The Labute approximate surface area is 117 Å². The zero-order valence-corrected chi connectivity index (χ0v) is 12.0. The van der Waals surface area contributed by atoms with Crippen molar-refractivity contribution in [2.24, 2.45) is 5.92 Å². The lowest BCUT2D eigenvalue weighted by Crippen LogP contribution is -2.34. The number of nitrogens with zero attached hydrogens (tertiary/aromatic N) is 1. The summed E-state index contributed by atoms with van der Waals surface area (Å²) in [7, 11) is 0. The van der Waals surface area contributed by atoms with Crippen LogP contribution in [0.1, 0.15) is 25.0 Å². The Balaban J connectivity index is 2.38. The molecular formula is C15H16ClNO2. The van der Waals surface area contributed by atoms with Gasteiger partial charge in [-0.15, -0.1) is 0 Å². The number of imide groups is 1. The van der Waals surface area contributed by atoms with E-state index < -0.39 is 5.91 Å². The first kappa shape index (κ1) is 13.8. The molecule has 0 bridgehead atoms. The monoisotopic (exact) mass is 277 g/mol. The molecule has 0 saturated heterocycles. The minimum absolute atomic E-state index is 0.0227. The van der Waals surface area contributed by atoms with Gasteiger partial charge in [-0.1, -0.05) is 55.3 Å². The molecule has 2 amide bonds. The van der Waals surface area contributed by atoms with Crippen molar-refractivity contribution in [1.82, 2.24) is 4.90 Å². The van der Waals surface area contributed by atoms with E-state index in [0.717, 1.165) is 5.56 Å². The number of hydrogen-bond acceptors (Lipinski definition) is 2. The molecule has 0 unspecified atom stereocenters. The van der Waals surface area contributed by atoms with Crippen LogP contribution < -0.4 is 0 Å². The lowest BCUT2D eigenvalue weighted by Gasteiger charge is -2.16. The summed E-state index contributed by atoms with van der Waals surface area (Å²) in [5.74, 6) is -0.474. The van der Waals surface area contributed by atoms with Gasteiger partial charge in [0, 0.05) is 6.54 Å². The van der Waals surface area contributed by atoms with Crippen LogP contribution in [-0.2, 0) is 9.59 Å². The smallest absolute Gasteiger partial charge is 0.273 e. The number of benzene rings is 1. The van der Waals surface area contributed by atoms with Crippen molar-refractivity contribution >= 4 is 29.0 Å². The Bertz CT molecular complexity index is 558. The van der Waals surface area contributed by atoms with Gasteiger partial charge in [0.25, 0.3) is 11.8 Å². The van der Waals surface area contributed by atoms with Crippen molar-refractivity contribution in [3.05, 3.63) is 40.4 Å². The van der Waals surface area contributed by atoms with E-state index in [1.165, 1.54) is 4.90 Å². The number of rotatable bonds is 3. The van der Waals surface area contributed by atoms with Gasteiger partial charge in [0.15, 0.2) is 0 Å². The second kappa shape index (κ2) is 5.17. The molecule has 1 aliphatic heterocycles. The molecule has 1 heterocycles. The van der Waals surface area contributed by atoms with Gasteiger partial charge in [-0.05, 0) is 18.4 Å². The normalized spacial score (nSPS) is 15.9. The van der Waals surface area contributed by atoms with Gasteiger partial charge in [-0.2, -0.15) is 0 Å². The molecule has 0 spiro atoms. The average Bonchev–Trinajstić information content (AvgIpc) is 2.55. The third-order valence-electron chi connectivity index (χ3n) is 3.00. The van der Waals surface area contributed by atoms with Crippen molar-refractivity contribution in [1.29, 1.82) is 0 Å². The Morgan fingerprint density at radius 2 is 1.68 bits per heavy atom. The van der Waals surface area contributed by atoms with E-state index in [1.54, 1.807) is 0 Å². The number of carbonyl (C=O) groups is 2. The molecule has 0 aliphatic carbocycles. The molecule has 0 fully saturated rings. The summed E-state index contributed by atoms with van der Waals surface area (Å²) in [5.41, 5.74) is 2.10. The Kier molecular flexibility index (Phi) is 3.76. The number of halogens is 1. The zero-order valence-electron chi connectivity index (χ0n) is 11.2. The van der Waals surface area contributed by atoms with Gasteiger partial charge in [-0.3, -0.25) is 14.5 Å². The van der Waals surface area contributed by atoms with Gasteiger partial charge in [0.2, 0.25) is 0 Å². The van der Waals surface area contributed by atoms with Gasteiger partial charge in [0.1, 0.15) is 5.03 Å². The van der Waals surface area contributed by atoms with Crippen LogP contribution in [0.4, 0.5) is 0 Å². The van der Waals surface area contributed by atoms with Gasteiger partial charge in [-0.25, -0.2) is 0 Å². The van der Waals surface area contributed by atoms with Crippen LogP contribution in [0.25, 0.3) is 5.57 Å². The van der Waals surface area contributed by atoms with E-state index in [4.69, 9.17) is 11.6 Å². The molecule has 0 aromatic heterocycles. The minimum Gasteiger partial charge on any atom is -0.273 e. The minimum atomic E-state index is -0.393. The van der Waals surface area contributed by atoms with Crippen LogP contribution in [0.15, 0.2) is 29.3 Å². The number of aryl methyl sites for hydroxylation is 1. The first-order chi connectivity index (χ1) is 8.91. The van der Waals surface area contributed by atoms with Gasteiger partial charge in [0.05, 0.1) is 5.57 Å². The highest BCUT2D eigenvalue weighted by Gasteiger charge is 2.38. The van der Waals surface area contributed by atoms with E-state index in [0.29, 0.717) is 17.7 Å². The number of amides is 2. The van der Waals surface area contributed by atoms with Gasteiger partial charge < -0.3 is 0 Å². The molecule has 2 rings (SSSR count). The second-order valence-corrected chi connectivity index (χ2v) is 5.55. The molecule has 0 atom stereocenters. The molecule has 1 aromatic carbocycles. The molecule has 1 aliphatic rings. The van der Waals surface area contributed by atoms with Crippen molar-refractivity contribution in [2.75, 3.05) is 6.54 Å². The van der Waals surface area contributed by atoms with Crippen LogP contribution in [0, 0.1) is 12.8 Å². The lowest BCUT2D eigenvalue weighted by molar-refractivity contribution is -0.137. The van der Waals surface area contributed by atoms with Crippen LogP contribution in [0.5, 0.6) is 0 Å². The third kappa shape index (κ3) is 2.56. The highest BCUT2D eigenvalue weighted by atomic mass is 35.5. The Hall–Kier alpha value is -1.61. The molecule has 4 heteroatoms. The Morgan fingerprint density at radius 1 is 1.11 bits per heavy atom. The van der Waals surface area contributed by atoms with Crippen molar-refractivity contribution in [3.8, 4) is 0 Å². The predicted octanol–water partition coefficient (Wildman–Crippen LogP) is 2.97. The molecule has 100 valence electrons. The molecule has 19 heavy (non-hydrogen) atoms. The fourth-order valence-corrected chi connectivity index (χ4v) is 2.34. The maximum atomic E-state index is 12.3. The summed E-state index contributed by atoms with van der Waals surface area (Å²) in [4.78, 5) is 25.6. The fourth-order valence-electron chi connectivity index (χ4n) is 2.05. The van der Waals surface area contributed by atoms with E-state index in [1.807, 2.05) is 45.0 Å². The van der Waals surface area contributed by atoms with Crippen LogP contribution in [0.3, 0.4) is 0 Å². The Morgan fingerprint density at radius 3 is 2.21 bits per heavy atom. The van der Waals surface area contributed by atoms with E-state index >= 15 is 0 Å². The molecule has 0 radical (unpaired) electrons. The first-order valence-electron chi connectivity index (χ1n) is 6.24. The number of carbonyl (C=O) groups excluding carboxylic acids is 2. The summed E-state index contributed by atoms with van der Waals surface area (Å²) in [6.07, 6.45) is 0. The quantitative estimate of drug-likeness (QED) is 0.797. The van der Waals surface area contributed by atoms with E-state index in [-0.39, 0.29) is 16.9 Å². The average molecular weight is 278 g/mol. The third-order valence-corrected chi connectivity index (χ3v) is 3.35. The summed E-state index contributed by atoms with van der Waals surface area (Å²) < 4.78 is 0. The molecule has 1 aromatic rings. The van der Waals surface area contributed by atoms with Gasteiger partial charge >= 0.3 is 0 Å². The fraction of sp³-hybridized carbons (Fsp3) is 0.333. The van der Waals surface area contributed by atoms with Crippen molar-refractivity contribution in [3.63, 3.8) is 0 Å². The van der Waals surface area contributed by atoms with Crippen LogP contribution >= 0.6 is 11.6 Å². The topological polar surface area (TPSA) is 37.4 Å². The summed E-state index contributed by atoms with van der Waals surface area (Å²) in [5, 5.41) is 0.0227. The maximum absolute atomic E-state index is 12.3. The highest BCUT2D eigenvalue weighted by Crippen LogP contribution is 2.32. The predicted molar refractivity (Wildman–Crippen MR) is 75.5 cm³/mol.